The molecule has 0 amide bonds. The van der Waals surface area contributed by atoms with Gasteiger partial charge in [0.15, 0.2) is 44.4 Å². The molecule has 0 heterocycles. The number of sulfone groups is 1. The van der Waals surface area contributed by atoms with E-state index in [0.717, 1.165) is 0 Å². The van der Waals surface area contributed by atoms with Gasteiger partial charge in [-0.15, -0.1) is 0 Å². The summed E-state index contributed by atoms with van der Waals surface area (Å²) in [5.41, 5.74) is 0.312. The van der Waals surface area contributed by atoms with E-state index in [1.807, 2.05) is 0 Å². The second kappa shape index (κ2) is 10.8. The maximum absolute atomic E-state index is 12.5. The number of carbonyl (C=O) groups is 2. The third-order valence-corrected chi connectivity index (χ3v) is 5.68. The molecule has 168 valence electrons. The fraction of sp³-hybridized carbons (Fsp3) is 0.364. The van der Waals surface area contributed by atoms with Crippen molar-refractivity contribution in [3.63, 3.8) is 0 Å². The van der Waals surface area contributed by atoms with Gasteiger partial charge in [0.1, 0.15) is 11.5 Å². The van der Waals surface area contributed by atoms with Crippen molar-refractivity contribution in [2.75, 3.05) is 38.9 Å². The van der Waals surface area contributed by atoms with Gasteiger partial charge >= 0.3 is 0 Å². The molecule has 0 aliphatic rings. The maximum Gasteiger partial charge on any atom is 0.178 e. The normalized spacial score (nSPS) is 11.0. The SMILES string of the molecule is CCOc1cc(C(=O)CS(=O)(=O)CC(=O)c2ccc(OC)c(OCC)c2)ccc1OC. The molecule has 0 radical (unpaired) electrons. The van der Waals surface area contributed by atoms with Crippen LogP contribution in [0.1, 0.15) is 34.6 Å². The van der Waals surface area contributed by atoms with E-state index in [1.165, 1.54) is 50.6 Å². The Morgan fingerprint density at radius 2 is 1.10 bits per heavy atom. The summed E-state index contributed by atoms with van der Waals surface area (Å²) in [6.07, 6.45) is 0. The standard InChI is InChI=1S/C22H26O8S/c1-5-29-21-11-15(7-9-19(21)27-3)17(23)13-31(25,26)14-18(24)16-8-10-20(28-4)22(12-16)30-6-2/h7-12H,5-6,13-14H2,1-4H3. The monoisotopic (exact) mass is 450 g/mol. The molecule has 0 unspecified atom stereocenters. The van der Waals surface area contributed by atoms with E-state index < -0.39 is 32.9 Å². The molecule has 31 heavy (non-hydrogen) atoms. The number of rotatable bonds is 12. The summed E-state index contributed by atoms with van der Waals surface area (Å²) >= 11 is 0. The molecule has 0 aromatic heterocycles. The number of ketones is 2. The fourth-order valence-corrected chi connectivity index (χ4v) is 4.09. The van der Waals surface area contributed by atoms with Gasteiger partial charge in [-0.25, -0.2) is 8.42 Å². The molecular weight excluding hydrogens is 424 g/mol. The first-order chi connectivity index (χ1) is 14.7. The van der Waals surface area contributed by atoms with Gasteiger partial charge in [0.2, 0.25) is 0 Å². The minimum Gasteiger partial charge on any atom is -0.493 e. The number of methoxy groups -OCH3 is 2. The van der Waals surface area contributed by atoms with Gasteiger partial charge in [-0.3, -0.25) is 9.59 Å². The van der Waals surface area contributed by atoms with Crippen molar-refractivity contribution in [1.82, 2.24) is 0 Å². The molecule has 9 heteroatoms. The van der Waals surface area contributed by atoms with Crippen LogP contribution in [0.3, 0.4) is 0 Å². The van der Waals surface area contributed by atoms with E-state index in [-0.39, 0.29) is 11.1 Å². The second-order valence-corrected chi connectivity index (χ2v) is 8.54. The van der Waals surface area contributed by atoms with Crippen LogP contribution in [0.2, 0.25) is 0 Å². The van der Waals surface area contributed by atoms with Crippen molar-refractivity contribution < 1.29 is 37.0 Å². The molecule has 2 aromatic carbocycles. The van der Waals surface area contributed by atoms with E-state index >= 15 is 0 Å². The summed E-state index contributed by atoms with van der Waals surface area (Å²) in [6.45, 7) is 4.26. The van der Waals surface area contributed by atoms with E-state index in [0.29, 0.717) is 36.2 Å². The third kappa shape index (κ3) is 6.45. The molecular formula is C22H26O8S. The lowest BCUT2D eigenvalue weighted by molar-refractivity contribution is 0.101. The molecule has 0 bridgehead atoms. The third-order valence-electron chi connectivity index (χ3n) is 4.27. The summed E-state index contributed by atoms with van der Waals surface area (Å²) in [6, 6.07) is 8.84. The summed E-state index contributed by atoms with van der Waals surface area (Å²) in [7, 11) is -1.07. The average molecular weight is 451 g/mol. The van der Waals surface area contributed by atoms with Crippen molar-refractivity contribution in [2.24, 2.45) is 0 Å². The Balaban J connectivity index is 2.16. The van der Waals surface area contributed by atoms with Gasteiger partial charge < -0.3 is 18.9 Å². The Bertz CT molecular complexity index is 966. The Morgan fingerprint density at radius 1 is 0.710 bits per heavy atom. The van der Waals surface area contributed by atoms with Crippen LogP contribution >= 0.6 is 0 Å². The molecule has 0 spiro atoms. The van der Waals surface area contributed by atoms with Gasteiger partial charge in [-0.2, -0.15) is 0 Å². The van der Waals surface area contributed by atoms with Crippen LogP contribution < -0.4 is 18.9 Å². The maximum atomic E-state index is 12.5. The van der Waals surface area contributed by atoms with E-state index in [2.05, 4.69) is 0 Å². The lowest BCUT2D eigenvalue weighted by atomic mass is 10.1. The fourth-order valence-electron chi connectivity index (χ4n) is 2.85. The van der Waals surface area contributed by atoms with Crippen molar-refractivity contribution >= 4 is 21.4 Å². The van der Waals surface area contributed by atoms with Gasteiger partial charge in [0, 0.05) is 11.1 Å². The quantitative estimate of drug-likeness (QED) is 0.455. The van der Waals surface area contributed by atoms with Crippen molar-refractivity contribution in [3.05, 3.63) is 47.5 Å². The predicted octanol–water partition coefficient (Wildman–Crippen LogP) is 2.98. The molecule has 0 saturated heterocycles. The predicted molar refractivity (Wildman–Crippen MR) is 116 cm³/mol. The molecule has 0 atom stereocenters. The molecule has 0 aliphatic heterocycles. The summed E-state index contributed by atoms with van der Waals surface area (Å²) in [4.78, 5) is 25.1. The van der Waals surface area contributed by atoms with Crippen molar-refractivity contribution in [3.8, 4) is 23.0 Å². The second-order valence-electron chi connectivity index (χ2n) is 6.48. The highest BCUT2D eigenvalue weighted by molar-refractivity contribution is 7.92. The molecule has 2 rings (SSSR count). The minimum atomic E-state index is -4.00. The zero-order valence-electron chi connectivity index (χ0n) is 18.0. The number of ether oxygens (including phenoxy) is 4. The highest BCUT2D eigenvalue weighted by atomic mass is 32.2. The smallest absolute Gasteiger partial charge is 0.178 e. The van der Waals surface area contributed by atoms with Gasteiger partial charge in [0.25, 0.3) is 0 Å². The van der Waals surface area contributed by atoms with Crippen LogP contribution in [-0.2, 0) is 9.84 Å². The van der Waals surface area contributed by atoms with E-state index in [4.69, 9.17) is 18.9 Å². The highest BCUT2D eigenvalue weighted by Crippen LogP contribution is 2.29. The molecule has 2 aromatic rings. The molecule has 0 N–H and O–H groups in total. The van der Waals surface area contributed by atoms with Crippen LogP contribution in [0.4, 0.5) is 0 Å². The number of hydrogen-bond donors (Lipinski definition) is 0. The highest BCUT2D eigenvalue weighted by Gasteiger charge is 2.24. The van der Waals surface area contributed by atoms with E-state index in [1.54, 1.807) is 13.8 Å². The molecule has 8 nitrogen and oxygen atoms in total. The van der Waals surface area contributed by atoms with Gasteiger partial charge in [-0.05, 0) is 50.2 Å². The summed E-state index contributed by atoms with van der Waals surface area (Å²) < 4.78 is 46.2. The van der Waals surface area contributed by atoms with Crippen molar-refractivity contribution in [2.45, 2.75) is 13.8 Å². The van der Waals surface area contributed by atoms with Crippen LogP contribution in [0, 0.1) is 0 Å². The first-order valence-electron chi connectivity index (χ1n) is 9.63. The summed E-state index contributed by atoms with van der Waals surface area (Å²) in [5, 5.41) is 0. The Morgan fingerprint density at radius 3 is 1.42 bits per heavy atom. The molecule has 0 fully saturated rings. The van der Waals surface area contributed by atoms with Crippen molar-refractivity contribution in [1.29, 1.82) is 0 Å². The topological polar surface area (TPSA) is 105 Å². The van der Waals surface area contributed by atoms with Crippen LogP contribution in [-0.4, -0.2) is 58.9 Å². The molecule has 0 aliphatic carbocycles. The molecule has 0 saturated carbocycles. The average Bonchev–Trinajstić information content (AvgIpc) is 2.73. The minimum absolute atomic E-state index is 0.156. The Labute approximate surface area is 182 Å². The zero-order valence-corrected chi connectivity index (χ0v) is 18.8. The van der Waals surface area contributed by atoms with Crippen LogP contribution in [0.25, 0.3) is 0 Å². The van der Waals surface area contributed by atoms with Gasteiger partial charge in [-0.1, -0.05) is 0 Å². The Hall–Kier alpha value is -3.07. The number of Topliss-reactive ketones (excluding diaryl/α,β-unsaturated/α-hetero) is 2. The lowest BCUT2D eigenvalue weighted by Crippen LogP contribution is -2.24. The number of benzene rings is 2. The Kier molecular flexibility index (Phi) is 8.44. The first kappa shape index (κ1) is 24.2. The first-order valence-corrected chi connectivity index (χ1v) is 11.4. The zero-order chi connectivity index (χ0) is 23.0. The number of hydrogen-bond acceptors (Lipinski definition) is 8. The lowest BCUT2D eigenvalue weighted by Gasteiger charge is -2.11. The number of carbonyl (C=O) groups excluding carboxylic acids is 2. The largest absolute Gasteiger partial charge is 0.493 e. The van der Waals surface area contributed by atoms with Crippen LogP contribution in [0.15, 0.2) is 36.4 Å². The van der Waals surface area contributed by atoms with Crippen LogP contribution in [0.5, 0.6) is 23.0 Å². The van der Waals surface area contributed by atoms with Gasteiger partial charge in [0.05, 0.1) is 27.4 Å². The summed E-state index contributed by atoms with van der Waals surface area (Å²) in [5.74, 6) is -1.34. The van der Waals surface area contributed by atoms with E-state index in [9.17, 15) is 18.0 Å².